The summed E-state index contributed by atoms with van der Waals surface area (Å²) in [4.78, 5) is 64.9. The molecule has 0 aromatic heterocycles. The van der Waals surface area contributed by atoms with Crippen molar-refractivity contribution >= 4 is 35.6 Å². The largest absolute Gasteiger partial charge is 0.481 e. The van der Waals surface area contributed by atoms with E-state index < -0.39 is 78.8 Å². The fourth-order valence-electron chi connectivity index (χ4n) is 3.69. The molecule has 2 fully saturated rings. The average Bonchev–Trinajstić information content (AvgIpc) is 3.01. The van der Waals surface area contributed by atoms with E-state index in [0.717, 1.165) is 0 Å². The molecule has 2 bridgehead atoms. The highest BCUT2D eigenvalue weighted by molar-refractivity contribution is 5.94. The average molecular weight is 471 g/mol. The summed E-state index contributed by atoms with van der Waals surface area (Å²) in [6.07, 6.45) is -3.59. The first-order valence-electron chi connectivity index (χ1n) is 10.3. The van der Waals surface area contributed by atoms with Gasteiger partial charge in [-0.1, -0.05) is 0 Å². The molecule has 2 rings (SSSR count). The maximum atomic E-state index is 12.8. The molecule has 0 spiro atoms. The molecule has 0 unspecified atom stereocenters. The third kappa shape index (κ3) is 7.28. The van der Waals surface area contributed by atoms with Gasteiger partial charge in [-0.25, -0.2) is 0 Å². The number of carbonyl (C=O) groups is 5. The molecule has 15 nitrogen and oxygen atoms in total. The van der Waals surface area contributed by atoms with E-state index in [1.807, 2.05) is 0 Å². The fraction of sp³-hybridized carbons (Fsp3) is 0.667. The number of carboxylic acids is 1. The van der Waals surface area contributed by atoms with Gasteiger partial charge in [0, 0.05) is 6.54 Å². The lowest BCUT2D eigenvalue weighted by molar-refractivity contribution is -0.141. The molecule has 184 valence electrons. The normalized spacial score (nSPS) is 30.8. The van der Waals surface area contributed by atoms with Crippen LogP contribution in [0.3, 0.4) is 0 Å². The number of aliphatic hydroxyl groups is 2. The van der Waals surface area contributed by atoms with E-state index in [0.29, 0.717) is 6.42 Å². The van der Waals surface area contributed by atoms with E-state index in [1.54, 1.807) is 0 Å². The maximum absolute atomic E-state index is 12.8. The van der Waals surface area contributed by atoms with Crippen LogP contribution in [0.4, 0.5) is 0 Å². The number of aliphatic carboxylic acids is 1. The van der Waals surface area contributed by atoms with Crippen LogP contribution < -0.4 is 32.7 Å². The summed E-state index contributed by atoms with van der Waals surface area (Å²) in [6, 6.07) is -3.67. The van der Waals surface area contributed by atoms with Crippen LogP contribution in [0.25, 0.3) is 0 Å². The Morgan fingerprint density at radius 1 is 0.970 bits per heavy atom. The Bertz CT molecular complexity index is 816. The number of rotatable bonds is 6. The Labute approximate surface area is 188 Å². The molecule has 2 aliphatic rings. The number of hydrogen-bond acceptors (Lipinski definition) is 8. The van der Waals surface area contributed by atoms with Crippen LogP contribution in [-0.4, -0.2) is 94.3 Å². The second-order valence-corrected chi connectivity index (χ2v) is 7.88. The van der Waals surface area contributed by atoms with Gasteiger partial charge in [-0.3, -0.25) is 29.0 Å². The van der Waals surface area contributed by atoms with E-state index in [4.69, 9.17) is 16.6 Å². The Morgan fingerprint density at radius 2 is 1.67 bits per heavy atom. The molecule has 33 heavy (non-hydrogen) atoms. The SMILES string of the molecule is NC(N)=NCCC[C@@H]1NC(=O)[C@H]2C[C@@H](NC(=O)[C@@H](CC(=O)O)NC(=O)CNC1=O)[C@H](O)[C@H]2O. The molecule has 6 atom stereocenters. The number of nitrogens with zero attached hydrogens (tertiary/aromatic N) is 1. The molecule has 0 aromatic carbocycles. The summed E-state index contributed by atoms with van der Waals surface area (Å²) in [5, 5.41) is 39.1. The number of nitrogens with two attached hydrogens (primary N) is 2. The van der Waals surface area contributed by atoms with Gasteiger partial charge in [-0.05, 0) is 19.3 Å². The van der Waals surface area contributed by atoms with Gasteiger partial charge < -0.3 is 48.1 Å². The van der Waals surface area contributed by atoms with Crippen molar-refractivity contribution in [3.05, 3.63) is 0 Å². The Hall–Kier alpha value is -3.46. The van der Waals surface area contributed by atoms with Crippen molar-refractivity contribution in [1.29, 1.82) is 0 Å². The predicted octanol–water partition coefficient (Wildman–Crippen LogP) is -5.16. The second-order valence-electron chi connectivity index (χ2n) is 7.88. The van der Waals surface area contributed by atoms with Crippen LogP contribution in [0.1, 0.15) is 25.7 Å². The highest BCUT2D eigenvalue weighted by Crippen LogP contribution is 2.27. The van der Waals surface area contributed by atoms with Crippen LogP contribution in [0.5, 0.6) is 0 Å². The zero-order valence-corrected chi connectivity index (χ0v) is 17.7. The van der Waals surface area contributed by atoms with Gasteiger partial charge in [0.25, 0.3) is 0 Å². The molecule has 1 aliphatic heterocycles. The van der Waals surface area contributed by atoms with Gasteiger partial charge in [0.2, 0.25) is 23.6 Å². The van der Waals surface area contributed by atoms with Gasteiger partial charge in [0.15, 0.2) is 5.96 Å². The van der Waals surface area contributed by atoms with Crippen molar-refractivity contribution in [2.45, 2.75) is 56.0 Å². The number of hydrogen-bond donors (Lipinski definition) is 9. The Morgan fingerprint density at radius 3 is 2.30 bits per heavy atom. The zero-order chi connectivity index (χ0) is 24.7. The molecule has 0 radical (unpaired) electrons. The summed E-state index contributed by atoms with van der Waals surface area (Å²) >= 11 is 0. The number of guanidine groups is 1. The lowest BCUT2D eigenvalue weighted by Crippen LogP contribution is -2.55. The summed E-state index contributed by atoms with van der Waals surface area (Å²) in [6.45, 7) is -0.404. The number of aliphatic hydroxyl groups excluding tert-OH is 2. The first-order chi connectivity index (χ1) is 15.5. The molecular weight excluding hydrogens is 442 g/mol. The third-order valence-corrected chi connectivity index (χ3v) is 5.38. The molecule has 1 saturated carbocycles. The maximum Gasteiger partial charge on any atom is 0.305 e. The fourth-order valence-corrected chi connectivity index (χ4v) is 3.69. The molecule has 4 amide bonds. The third-order valence-electron chi connectivity index (χ3n) is 5.38. The van der Waals surface area contributed by atoms with Gasteiger partial charge in [0.05, 0.1) is 31.0 Å². The monoisotopic (exact) mass is 471 g/mol. The van der Waals surface area contributed by atoms with Crippen molar-refractivity contribution in [3.63, 3.8) is 0 Å². The predicted molar refractivity (Wildman–Crippen MR) is 111 cm³/mol. The first kappa shape index (κ1) is 25.8. The number of carboxylic acid groups (broad SMARTS) is 1. The van der Waals surface area contributed by atoms with Crippen molar-refractivity contribution in [2.75, 3.05) is 13.1 Å². The first-order valence-corrected chi connectivity index (χ1v) is 10.3. The summed E-state index contributed by atoms with van der Waals surface area (Å²) in [5.41, 5.74) is 10.5. The summed E-state index contributed by atoms with van der Waals surface area (Å²) < 4.78 is 0. The Kier molecular flexibility index (Phi) is 8.93. The molecule has 1 saturated heterocycles. The lowest BCUT2D eigenvalue weighted by Gasteiger charge is -2.23. The number of nitrogens with one attached hydrogen (secondary N) is 4. The van der Waals surface area contributed by atoms with E-state index in [2.05, 4.69) is 26.3 Å². The number of carbonyl (C=O) groups excluding carboxylic acids is 4. The molecule has 15 heteroatoms. The van der Waals surface area contributed by atoms with E-state index in [9.17, 15) is 34.2 Å². The molecule has 11 N–H and O–H groups in total. The topological polar surface area (TPSA) is 259 Å². The van der Waals surface area contributed by atoms with Crippen molar-refractivity contribution in [3.8, 4) is 0 Å². The standard InChI is InChI=1S/C18H29N7O8/c19-18(20)21-3-1-2-8-16(32)22-6-11(26)23-10(5-12(27)28)17(33)25-9-4-7(15(31)24-8)13(29)14(9)30/h7-10,13-14,29-30H,1-6H2,(H,22,32)(H,23,26)(H,24,31)(H,25,33)(H,27,28)(H4,19,20,21)/t7-,8-,9+,10+,13-,14-/m0/s1. The lowest BCUT2D eigenvalue weighted by atomic mass is 10.0. The Balaban J connectivity index is 2.24. The quantitative estimate of drug-likeness (QED) is 0.101. The minimum atomic E-state index is -1.54. The van der Waals surface area contributed by atoms with Gasteiger partial charge in [-0.15, -0.1) is 0 Å². The minimum absolute atomic E-state index is 0.100. The second kappa shape index (κ2) is 11.4. The van der Waals surface area contributed by atoms with Gasteiger partial charge in [-0.2, -0.15) is 0 Å². The van der Waals surface area contributed by atoms with E-state index in [-0.39, 0.29) is 25.3 Å². The summed E-state index contributed by atoms with van der Waals surface area (Å²) in [5.74, 6) is -5.85. The highest BCUT2D eigenvalue weighted by Gasteiger charge is 2.46. The summed E-state index contributed by atoms with van der Waals surface area (Å²) in [7, 11) is 0. The molecule has 0 aromatic rings. The van der Waals surface area contributed by atoms with Gasteiger partial charge >= 0.3 is 5.97 Å². The molecular formula is C18H29N7O8. The zero-order valence-electron chi connectivity index (χ0n) is 17.7. The van der Waals surface area contributed by atoms with Crippen molar-refractivity contribution in [2.24, 2.45) is 22.4 Å². The van der Waals surface area contributed by atoms with Crippen LogP contribution >= 0.6 is 0 Å². The minimum Gasteiger partial charge on any atom is -0.481 e. The van der Waals surface area contributed by atoms with Crippen LogP contribution in [0.2, 0.25) is 0 Å². The number of amides is 4. The van der Waals surface area contributed by atoms with E-state index in [1.165, 1.54) is 0 Å². The van der Waals surface area contributed by atoms with Crippen molar-refractivity contribution in [1.82, 2.24) is 21.3 Å². The van der Waals surface area contributed by atoms with Crippen LogP contribution in [0, 0.1) is 5.92 Å². The highest BCUT2D eigenvalue weighted by atomic mass is 16.4. The van der Waals surface area contributed by atoms with Gasteiger partial charge in [0.1, 0.15) is 18.2 Å². The number of aliphatic imine (C=N–C) groups is 1. The molecule has 1 heterocycles. The van der Waals surface area contributed by atoms with E-state index >= 15 is 0 Å². The van der Waals surface area contributed by atoms with Crippen LogP contribution in [-0.2, 0) is 24.0 Å². The van der Waals surface area contributed by atoms with Crippen molar-refractivity contribution < 1.29 is 39.3 Å². The van der Waals surface area contributed by atoms with Crippen LogP contribution in [0.15, 0.2) is 4.99 Å². The number of fused-ring (bicyclic) bond motifs is 2. The molecule has 1 aliphatic carbocycles. The smallest absolute Gasteiger partial charge is 0.305 e.